The summed E-state index contributed by atoms with van der Waals surface area (Å²) in [6.07, 6.45) is 6.99. The average Bonchev–Trinajstić information content (AvgIpc) is 2.57. The van der Waals surface area contributed by atoms with Crippen LogP contribution in [-0.4, -0.2) is 17.9 Å². The highest BCUT2D eigenvalue weighted by molar-refractivity contribution is 9.10. The molecule has 5 heteroatoms. The zero-order valence-corrected chi connectivity index (χ0v) is 17.1. The Bertz CT molecular complexity index is 710. The van der Waals surface area contributed by atoms with Crippen molar-refractivity contribution in [3.05, 3.63) is 28.2 Å². The van der Waals surface area contributed by atoms with Gasteiger partial charge in [0.05, 0.1) is 0 Å². The summed E-state index contributed by atoms with van der Waals surface area (Å²) >= 11 is 3.46. The van der Waals surface area contributed by atoms with E-state index in [0.717, 1.165) is 52.7 Å². The first-order valence-corrected chi connectivity index (χ1v) is 10.5. The predicted molar refractivity (Wildman–Crippen MR) is 106 cm³/mol. The summed E-state index contributed by atoms with van der Waals surface area (Å²) < 4.78 is 1.01. The molecule has 1 atom stereocenters. The Labute approximate surface area is 163 Å². The van der Waals surface area contributed by atoms with E-state index < -0.39 is 6.04 Å². The number of halogens is 1. The molecular weight excluding hydrogens is 392 g/mol. The van der Waals surface area contributed by atoms with Crippen LogP contribution in [0.2, 0.25) is 0 Å². The van der Waals surface area contributed by atoms with E-state index in [0.29, 0.717) is 0 Å². The Kier molecular flexibility index (Phi) is 4.62. The highest BCUT2D eigenvalue weighted by Crippen LogP contribution is 2.60. The minimum Gasteiger partial charge on any atom is -0.344 e. The molecule has 140 valence electrons. The predicted octanol–water partition coefficient (Wildman–Crippen LogP) is 4.42. The van der Waals surface area contributed by atoms with E-state index in [1.165, 1.54) is 19.3 Å². The maximum atomic E-state index is 13.1. The molecule has 2 amide bonds. The van der Waals surface area contributed by atoms with Crippen molar-refractivity contribution >= 4 is 33.4 Å². The first-order valence-electron chi connectivity index (χ1n) is 9.72. The molecule has 1 aromatic carbocycles. The molecule has 4 aliphatic carbocycles. The van der Waals surface area contributed by atoms with Gasteiger partial charge in [-0.25, -0.2) is 0 Å². The zero-order valence-electron chi connectivity index (χ0n) is 15.5. The summed E-state index contributed by atoms with van der Waals surface area (Å²) in [5.41, 5.74) is 1.61. The van der Waals surface area contributed by atoms with Gasteiger partial charge in [0.2, 0.25) is 11.8 Å². The summed E-state index contributed by atoms with van der Waals surface area (Å²) in [6.45, 7) is 3.76. The van der Waals surface area contributed by atoms with Crippen LogP contribution in [0.5, 0.6) is 0 Å². The summed E-state index contributed by atoms with van der Waals surface area (Å²) in [6, 6.07) is 5.18. The summed E-state index contributed by atoms with van der Waals surface area (Å²) in [5.74, 6) is 2.11. The van der Waals surface area contributed by atoms with Gasteiger partial charge in [-0.1, -0.05) is 15.9 Å². The third kappa shape index (κ3) is 3.30. The molecule has 0 radical (unpaired) electrons. The molecule has 4 bridgehead atoms. The molecule has 0 aromatic heterocycles. The van der Waals surface area contributed by atoms with Crippen LogP contribution in [0.1, 0.15) is 51.0 Å². The normalized spacial score (nSPS) is 33.0. The van der Waals surface area contributed by atoms with Crippen LogP contribution in [-0.2, 0) is 9.59 Å². The fourth-order valence-electron chi connectivity index (χ4n) is 5.78. The lowest BCUT2D eigenvalue weighted by atomic mass is 9.49. The molecule has 0 heterocycles. The van der Waals surface area contributed by atoms with Crippen LogP contribution < -0.4 is 10.6 Å². The van der Waals surface area contributed by atoms with Gasteiger partial charge in [0.25, 0.3) is 0 Å². The number of amides is 2. The number of aryl methyl sites for hydroxylation is 1. The number of carbonyl (C=O) groups is 2. The summed E-state index contributed by atoms with van der Waals surface area (Å²) in [4.78, 5) is 25.6. The zero-order chi connectivity index (χ0) is 18.5. The second kappa shape index (κ2) is 6.66. The van der Waals surface area contributed by atoms with E-state index in [4.69, 9.17) is 0 Å². The largest absolute Gasteiger partial charge is 0.344 e. The minimum atomic E-state index is -0.528. The van der Waals surface area contributed by atoms with Crippen molar-refractivity contribution < 1.29 is 9.59 Å². The van der Waals surface area contributed by atoms with Crippen molar-refractivity contribution in [2.45, 2.75) is 58.4 Å². The van der Waals surface area contributed by atoms with Gasteiger partial charge in [-0.05, 0) is 93.9 Å². The van der Waals surface area contributed by atoms with Gasteiger partial charge in [0, 0.05) is 15.6 Å². The summed E-state index contributed by atoms with van der Waals surface area (Å²) in [5, 5.41) is 5.94. The lowest BCUT2D eigenvalue weighted by molar-refractivity contribution is -0.147. The van der Waals surface area contributed by atoms with E-state index in [-0.39, 0.29) is 17.2 Å². The molecule has 4 nitrogen and oxygen atoms in total. The molecule has 5 rings (SSSR count). The van der Waals surface area contributed by atoms with Gasteiger partial charge in [0.15, 0.2) is 0 Å². The molecule has 1 aromatic rings. The van der Waals surface area contributed by atoms with Crippen molar-refractivity contribution in [1.29, 1.82) is 0 Å². The second-order valence-electron chi connectivity index (χ2n) is 8.85. The SMILES string of the molecule is Cc1cc(NC(=O)[C@@H](C)NC(=O)C23CC4CC(CC(C4)C2)C3)ccc1Br. The fraction of sp³-hybridized carbons (Fsp3) is 0.619. The molecule has 4 saturated carbocycles. The first kappa shape index (κ1) is 18.0. The fourth-order valence-corrected chi connectivity index (χ4v) is 6.02. The lowest BCUT2D eigenvalue weighted by Crippen LogP contribution is -2.56. The third-order valence-electron chi connectivity index (χ3n) is 6.69. The van der Waals surface area contributed by atoms with Crippen LogP contribution in [0.15, 0.2) is 22.7 Å². The maximum Gasteiger partial charge on any atom is 0.246 e. The van der Waals surface area contributed by atoms with E-state index in [1.54, 1.807) is 6.92 Å². The van der Waals surface area contributed by atoms with Crippen molar-refractivity contribution in [2.24, 2.45) is 23.2 Å². The van der Waals surface area contributed by atoms with Crippen molar-refractivity contribution in [1.82, 2.24) is 5.32 Å². The average molecular weight is 419 g/mol. The van der Waals surface area contributed by atoms with Gasteiger partial charge < -0.3 is 10.6 Å². The summed E-state index contributed by atoms with van der Waals surface area (Å²) in [7, 11) is 0. The van der Waals surface area contributed by atoms with Crippen LogP contribution >= 0.6 is 15.9 Å². The maximum absolute atomic E-state index is 13.1. The molecule has 0 aliphatic heterocycles. The number of rotatable bonds is 4. The highest BCUT2D eigenvalue weighted by atomic mass is 79.9. The number of anilines is 1. The molecule has 4 fully saturated rings. The van der Waals surface area contributed by atoms with Gasteiger partial charge in [-0.15, -0.1) is 0 Å². The number of hydrogen-bond donors (Lipinski definition) is 2. The molecule has 26 heavy (non-hydrogen) atoms. The Balaban J connectivity index is 1.39. The minimum absolute atomic E-state index is 0.103. The molecule has 0 unspecified atom stereocenters. The van der Waals surface area contributed by atoms with E-state index >= 15 is 0 Å². The monoisotopic (exact) mass is 418 g/mol. The number of carbonyl (C=O) groups excluding carboxylic acids is 2. The Hall–Kier alpha value is -1.36. The number of benzene rings is 1. The molecule has 2 N–H and O–H groups in total. The van der Waals surface area contributed by atoms with Gasteiger partial charge in [-0.2, -0.15) is 0 Å². The van der Waals surface area contributed by atoms with Crippen molar-refractivity contribution in [2.75, 3.05) is 5.32 Å². The van der Waals surface area contributed by atoms with E-state index in [1.807, 2.05) is 25.1 Å². The number of nitrogens with one attached hydrogen (secondary N) is 2. The van der Waals surface area contributed by atoms with Crippen LogP contribution in [0.4, 0.5) is 5.69 Å². The van der Waals surface area contributed by atoms with Gasteiger partial charge in [-0.3, -0.25) is 9.59 Å². The van der Waals surface area contributed by atoms with Gasteiger partial charge in [0.1, 0.15) is 6.04 Å². The standard InChI is InChI=1S/C21H27BrN2O2/c1-12-5-17(3-4-18(12)22)24-19(25)13(2)23-20(26)21-9-14-6-15(10-21)8-16(7-14)11-21/h3-5,13-16H,6-11H2,1-2H3,(H,23,26)(H,24,25)/t13-,14?,15?,16?,21?/m1/s1. The Morgan fingerprint density at radius 1 is 1.12 bits per heavy atom. The molecule has 0 spiro atoms. The van der Waals surface area contributed by atoms with Crippen molar-refractivity contribution in [3.63, 3.8) is 0 Å². The highest BCUT2D eigenvalue weighted by Gasteiger charge is 2.54. The number of hydrogen-bond acceptors (Lipinski definition) is 2. The molecular formula is C21H27BrN2O2. The first-order chi connectivity index (χ1) is 12.3. The third-order valence-corrected chi connectivity index (χ3v) is 7.58. The van der Waals surface area contributed by atoms with E-state index in [2.05, 4.69) is 26.6 Å². The van der Waals surface area contributed by atoms with E-state index in [9.17, 15) is 9.59 Å². The smallest absolute Gasteiger partial charge is 0.246 e. The molecule has 4 aliphatic rings. The van der Waals surface area contributed by atoms with Crippen LogP contribution in [0, 0.1) is 30.1 Å². The quantitative estimate of drug-likeness (QED) is 0.759. The van der Waals surface area contributed by atoms with Crippen LogP contribution in [0.25, 0.3) is 0 Å². The van der Waals surface area contributed by atoms with Crippen LogP contribution in [0.3, 0.4) is 0 Å². The lowest BCUT2D eigenvalue weighted by Gasteiger charge is -2.55. The van der Waals surface area contributed by atoms with Gasteiger partial charge >= 0.3 is 0 Å². The second-order valence-corrected chi connectivity index (χ2v) is 9.70. The topological polar surface area (TPSA) is 58.2 Å². The Morgan fingerprint density at radius 2 is 1.69 bits per heavy atom. The molecule has 0 saturated heterocycles. The Morgan fingerprint density at radius 3 is 2.23 bits per heavy atom. The van der Waals surface area contributed by atoms with Crippen molar-refractivity contribution in [3.8, 4) is 0 Å².